The number of hydrogen-bond acceptors (Lipinski definition) is 3. The van der Waals surface area contributed by atoms with Crippen molar-refractivity contribution in [1.82, 2.24) is 5.32 Å². The fourth-order valence-corrected chi connectivity index (χ4v) is 0.575. The molecule has 0 rings (SSSR count). The van der Waals surface area contributed by atoms with Gasteiger partial charge in [0.1, 0.15) is 0 Å². The van der Waals surface area contributed by atoms with Crippen LogP contribution < -0.4 is 5.32 Å². The summed E-state index contributed by atoms with van der Waals surface area (Å²) in [4.78, 5) is 11.0. The van der Waals surface area contributed by atoms with Gasteiger partial charge in [-0.1, -0.05) is 27.7 Å². The minimum Gasteiger partial charge on any atom is -0.351 e. The molecule has 0 atom stereocenters. The molecule has 1 N–H and O–H groups in total. The molecule has 1 amide bonds. The summed E-state index contributed by atoms with van der Waals surface area (Å²) in [5.41, 5.74) is 0.749. The van der Waals surface area contributed by atoms with Gasteiger partial charge in [-0.15, -0.1) is 0 Å². The van der Waals surface area contributed by atoms with E-state index >= 15 is 0 Å². The first-order valence-corrected chi connectivity index (χ1v) is 4.84. The molecular weight excluding hydrogens is 178 g/mol. The molecule has 4 heteroatoms. The Balaban J connectivity index is 0. The fourth-order valence-electron chi connectivity index (χ4n) is 0.575. The second kappa shape index (κ2) is 9.89. The van der Waals surface area contributed by atoms with E-state index in [1.54, 1.807) is 6.92 Å². The Morgan fingerprint density at radius 3 is 2.29 bits per heavy atom. The van der Waals surface area contributed by atoms with Crippen LogP contribution in [0.2, 0.25) is 0 Å². The standard InChI is InChI=1S/C8H15N3O.C2H6/c1-6(2)8(12)10-5-7(3)11-9-4;1-2/h6H,4-5H2,1-3H3,(H,10,12);1-2H3/b11-7+;. The number of rotatable bonds is 4. The molecule has 0 spiro atoms. The molecule has 0 saturated carbocycles. The molecule has 0 bridgehead atoms. The average molecular weight is 199 g/mol. The SMILES string of the molecule is C=N/N=C(\C)CNC(=O)C(C)C.CC. The van der Waals surface area contributed by atoms with Gasteiger partial charge >= 0.3 is 0 Å². The number of carbonyl (C=O) groups excluding carboxylic acids is 1. The van der Waals surface area contributed by atoms with Crippen molar-refractivity contribution < 1.29 is 4.79 Å². The van der Waals surface area contributed by atoms with Crippen molar-refractivity contribution >= 4 is 18.3 Å². The molecule has 0 fully saturated rings. The van der Waals surface area contributed by atoms with E-state index in [1.165, 1.54) is 0 Å². The van der Waals surface area contributed by atoms with E-state index in [0.717, 1.165) is 5.71 Å². The predicted molar refractivity (Wildman–Crippen MR) is 61.9 cm³/mol. The van der Waals surface area contributed by atoms with Gasteiger partial charge in [-0.05, 0) is 6.92 Å². The van der Waals surface area contributed by atoms with Crippen molar-refractivity contribution in [3.63, 3.8) is 0 Å². The van der Waals surface area contributed by atoms with Crippen LogP contribution in [0.5, 0.6) is 0 Å². The first-order chi connectivity index (χ1) is 6.57. The molecule has 0 radical (unpaired) electrons. The van der Waals surface area contributed by atoms with Gasteiger partial charge < -0.3 is 5.32 Å². The zero-order chi connectivity index (χ0) is 11.6. The highest BCUT2D eigenvalue weighted by Gasteiger charge is 2.05. The van der Waals surface area contributed by atoms with Crippen LogP contribution in [-0.2, 0) is 4.79 Å². The number of hydrogen-bond donors (Lipinski definition) is 1. The van der Waals surface area contributed by atoms with Crippen LogP contribution in [0.25, 0.3) is 0 Å². The van der Waals surface area contributed by atoms with Gasteiger partial charge in [-0.3, -0.25) is 4.79 Å². The molecule has 0 aromatic rings. The van der Waals surface area contributed by atoms with Crippen LogP contribution in [0, 0.1) is 5.92 Å². The highest BCUT2D eigenvalue weighted by atomic mass is 16.1. The molecule has 0 saturated heterocycles. The summed E-state index contributed by atoms with van der Waals surface area (Å²) in [5, 5.41) is 9.73. The Bertz CT molecular complexity index is 198. The van der Waals surface area contributed by atoms with Crippen molar-refractivity contribution in [1.29, 1.82) is 0 Å². The smallest absolute Gasteiger partial charge is 0.222 e. The number of nitrogens with one attached hydrogen (secondary N) is 1. The average Bonchev–Trinajstić information content (AvgIpc) is 2.17. The van der Waals surface area contributed by atoms with Crippen molar-refractivity contribution in [3.05, 3.63) is 0 Å². The maximum Gasteiger partial charge on any atom is 0.222 e. The van der Waals surface area contributed by atoms with Crippen molar-refractivity contribution in [3.8, 4) is 0 Å². The number of amides is 1. The number of nitrogens with zero attached hydrogens (tertiary/aromatic N) is 2. The van der Waals surface area contributed by atoms with Crippen LogP contribution >= 0.6 is 0 Å². The molecule has 0 aliphatic rings. The second-order valence-corrected chi connectivity index (χ2v) is 2.85. The Morgan fingerprint density at radius 2 is 1.93 bits per heavy atom. The quantitative estimate of drug-likeness (QED) is 0.545. The van der Waals surface area contributed by atoms with Crippen LogP contribution in [0.3, 0.4) is 0 Å². The predicted octanol–water partition coefficient (Wildman–Crippen LogP) is 1.86. The van der Waals surface area contributed by atoms with Gasteiger partial charge in [0.05, 0.1) is 12.3 Å². The fraction of sp³-hybridized carbons (Fsp3) is 0.700. The number of carbonyl (C=O) groups is 1. The summed E-state index contributed by atoms with van der Waals surface area (Å²) in [7, 11) is 0. The van der Waals surface area contributed by atoms with Crippen LogP contribution in [0.1, 0.15) is 34.6 Å². The van der Waals surface area contributed by atoms with Crippen LogP contribution in [-0.4, -0.2) is 24.9 Å². The Kier molecular flexibility index (Phi) is 10.8. The normalized spacial score (nSPS) is 10.3. The third-order valence-corrected chi connectivity index (χ3v) is 1.28. The molecule has 14 heavy (non-hydrogen) atoms. The third-order valence-electron chi connectivity index (χ3n) is 1.28. The lowest BCUT2D eigenvalue weighted by molar-refractivity contribution is -0.123. The topological polar surface area (TPSA) is 53.8 Å². The highest BCUT2D eigenvalue weighted by Crippen LogP contribution is 1.89. The molecule has 0 unspecified atom stereocenters. The zero-order valence-corrected chi connectivity index (χ0v) is 9.79. The lowest BCUT2D eigenvalue weighted by Crippen LogP contribution is -2.31. The molecular formula is C10H21N3O. The van der Waals surface area contributed by atoms with E-state index in [9.17, 15) is 4.79 Å². The summed E-state index contributed by atoms with van der Waals surface area (Å²) in [5.74, 6) is 0.0307. The lowest BCUT2D eigenvalue weighted by Gasteiger charge is -2.05. The molecule has 0 aliphatic carbocycles. The summed E-state index contributed by atoms with van der Waals surface area (Å²) < 4.78 is 0. The zero-order valence-electron chi connectivity index (χ0n) is 9.79. The Hall–Kier alpha value is -1.19. The van der Waals surface area contributed by atoms with Gasteiger partial charge in [-0.25, -0.2) is 0 Å². The summed E-state index contributed by atoms with van der Waals surface area (Å²) in [6.45, 7) is 13.1. The molecule has 82 valence electrons. The van der Waals surface area contributed by atoms with Gasteiger partial charge in [0.2, 0.25) is 5.91 Å². The third kappa shape index (κ3) is 8.90. The van der Waals surface area contributed by atoms with Crippen LogP contribution in [0.15, 0.2) is 10.2 Å². The van der Waals surface area contributed by atoms with Crippen molar-refractivity contribution in [2.75, 3.05) is 6.54 Å². The molecule has 4 nitrogen and oxygen atoms in total. The second-order valence-electron chi connectivity index (χ2n) is 2.85. The first kappa shape index (κ1) is 15.3. The van der Waals surface area contributed by atoms with Crippen molar-refractivity contribution in [2.45, 2.75) is 34.6 Å². The van der Waals surface area contributed by atoms with E-state index in [0.29, 0.717) is 6.54 Å². The minimum absolute atomic E-state index is 0.00879. The van der Waals surface area contributed by atoms with E-state index in [2.05, 4.69) is 22.2 Å². The molecule has 0 heterocycles. The van der Waals surface area contributed by atoms with Crippen molar-refractivity contribution in [2.24, 2.45) is 16.1 Å². The van der Waals surface area contributed by atoms with E-state index in [4.69, 9.17) is 0 Å². The van der Waals surface area contributed by atoms with Gasteiger partial charge in [0, 0.05) is 12.6 Å². The monoisotopic (exact) mass is 199 g/mol. The van der Waals surface area contributed by atoms with Crippen LogP contribution in [0.4, 0.5) is 0 Å². The van der Waals surface area contributed by atoms with Gasteiger partial charge in [0.25, 0.3) is 0 Å². The first-order valence-electron chi connectivity index (χ1n) is 4.84. The summed E-state index contributed by atoms with van der Waals surface area (Å²) in [6.07, 6.45) is 0. The highest BCUT2D eigenvalue weighted by molar-refractivity contribution is 5.88. The lowest BCUT2D eigenvalue weighted by atomic mass is 10.2. The van der Waals surface area contributed by atoms with Gasteiger partial charge in [0.15, 0.2) is 0 Å². The molecule has 0 aliphatic heterocycles. The Morgan fingerprint density at radius 1 is 1.43 bits per heavy atom. The minimum atomic E-state index is 0.00879. The van der Waals surface area contributed by atoms with E-state index in [-0.39, 0.29) is 11.8 Å². The Labute approximate surface area is 86.5 Å². The van der Waals surface area contributed by atoms with E-state index in [1.807, 2.05) is 27.7 Å². The van der Waals surface area contributed by atoms with Gasteiger partial charge in [-0.2, -0.15) is 10.2 Å². The summed E-state index contributed by atoms with van der Waals surface area (Å²) >= 11 is 0. The maximum atomic E-state index is 11.0. The summed E-state index contributed by atoms with van der Waals surface area (Å²) in [6, 6.07) is 0. The largest absolute Gasteiger partial charge is 0.351 e. The van der Waals surface area contributed by atoms with E-state index < -0.39 is 0 Å². The maximum absolute atomic E-state index is 11.0. The molecule has 0 aromatic carbocycles. The molecule has 0 aromatic heterocycles.